The highest BCUT2D eigenvalue weighted by atomic mass is 32.1. The van der Waals surface area contributed by atoms with Crippen LogP contribution >= 0.6 is 11.5 Å². The first-order valence-corrected chi connectivity index (χ1v) is 5.94. The van der Waals surface area contributed by atoms with Crippen LogP contribution < -0.4 is 5.32 Å². The van der Waals surface area contributed by atoms with E-state index in [1.165, 1.54) is 17.9 Å². The van der Waals surface area contributed by atoms with E-state index in [1.807, 2.05) is 11.8 Å². The van der Waals surface area contributed by atoms with E-state index in [9.17, 15) is 4.79 Å². The van der Waals surface area contributed by atoms with Gasteiger partial charge in [0.15, 0.2) is 0 Å². The molecule has 0 bridgehead atoms. The van der Waals surface area contributed by atoms with Gasteiger partial charge in [-0.3, -0.25) is 4.79 Å². The van der Waals surface area contributed by atoms with Crippen LogP contribution in [0.3, 0.4) is 0 Å². The Bertz CT molecular complexity index is 337. The third kappa shape index (κ3) is 2.67. The Labute approximate surface area is 97.8 Å². The van der Waals surface area contributed by atoms with Crippen LogP contribution in [0, 0.1) is 0 Å². The number of anilines is 1. The lowest BCUT2D eigenvalue weighted by Crippen LogP contribution is -2.46. The molecule has 1 saturated heterocycles. The second-order valence-electron chi connectivity index (χ2n) is 3.55. The number of hydrogen-bond donors (Lipinski definition) is 1. The molecule has 1 unspecified atom stereocenters. The molecule has 0 aliphatic carbocycles. The summed E-state index contributed by atoms with van der Waals surface area (Å²) in [5.41, 5.74) is 0. The molecule has 1 fully saturated rings. The zero-order valence-corrected chi connectivity index (χ0v) is 9.87. The van der Waals surface area contributed by atoms with Gasteiger partial charge in [-0.25, -0.2) is 4.98 Å². The number of aromatic nitrogens is 2. The van der Waals surface area contributed by atoms with E-state index in [0.29, 0.717) is 31.4 Å². The molecular formula is C9H14N4O2S. The van der Waals surface area contributed by atoms with Crippen LogP contribution in [0.4, 0.5) is 5.13 Å². The van der Waals surface area contributed by atoms with Crippen molar-refractivity contribution in [3.63, 3.8) is 0 Å². The maximum absolute atomic E-state index is 12.0. The van der Waals surface area contributed by atoms with Crippen LogP contribution in [0.2, 0.25) is 0 Å². The average molecular weight is 242 g/mol. The van der Waals surface area contributed by atoms with Crippen molar-refractivity contribution in [2.75, 3.05) is 31.6 Å². The van der Waals surface area contributed by atoms with Gasteiger partial charge in [0.2, 0.25) is 11.0 Å². The van der Waals surface area contributed by atoms with E-state index in [1.54, 1.807) is 0 Å². The summed E-state index contributed by atoms with van der Waals surface area (Å²) in [4.78, 5) is 17.8. The highest BCUT2D eigenvalue weighted by molar-refractivity contribution is 7.09. The zero-order chi connectivity index (χ0) is 11.4. The lowest BCUT2D eigenvalue weighted by Gasteiger charge is -2.29. The van der Waals surface area contributed by atoms with Gasteiger partial charge in [0.25, 0.3) is 0 Å². The molecule has 0 spiro atoms. The highest BCUT2D eigenvalue weighted by Gasteiger charge is 2.22. The molecule has 0 radical (unpaired) electrons. The Morgan fingerprint density at radius 3 is 3.00 bits per heavy atom. The number of morpholine rings is 1. The largest absolute Gasteiger partial charge is 0.378 e. The van der Waals surface area contributed by atoms with Crippen molar-refractivity contribution in [2.45, 2.75) is 13.0 Å². The average Bonchev–Trinajstić information content (AvgIpc) is 2.82. The molecule has 6 nitrogen and oxygen atoms in total. The van der Waals surface area contributed by atoms with Crippen molar-refractivity contribution in [1.29, 1.82) is 0 Å². The number of amides is 1. The van der Waals surface area contributed by atoms with Gasteiger partial charge in [-0.1, -0.05) is 0 Å². The lowest BCUT2D eigenvalue weighted by atomic mass is 10.2. The summed E-state index contributed by atoms with van der Waals surface area (Å²) in [7, 11) is 0. The molecule has 2 heterocycles. The van der Waals surface area contributed by atoms with E-state index in [-0.39, 0.29) is 11.9 Å². The first kappa shape index (κ1) is 11.3. The van der Waals surface area contributed by atoms with Crippen molar-refractivity contribution in [2.24, 2.45) is 0 Å². The summed E-state index contributed by atoms with van der Waals surface area (Å²) in [5, 5.41) is 3.71. The normalized spacial score (nSPS) is 18.2. The minimum Gasteiger partial charge on any atom is -0.378 e. The Balaban J connectivity index is 1.88. The third-order valence-electron chi connectivity index (χ3n) is 2.39. The number of ether oxygens (including phenoxy) is 1. The van der Waals surface area contributed by atoms with E-state index >= 15 is 0 Å². The van der Waals surface area contributed by atoms with Crippen LogP contribution in [-0.4, -0.2) is 52.5 Å². The third-order valence-corrected chi connectivity index (χ3v) is 2.99. The lowest BCUT2D eigenvalue weighted by molar-refractivity contribution is -0.135. The summed E-state index contributed by atoms with van der Waals surface area (Å²) in [6.07, 6.45) is 1.47. The Kier molecular flexibility index (Phi) is 3.68. The molecule has 1 amide bonds. The first-order valence-electron chi connectivity index (χ1n) is 5.17. The minimum absolute atomic E-state index is 0.0819. The van der Waals surface area contributed by atoms with Crippen molar-refractivity contribution in [1.82, 2.24) is 14.3 Å². The monoisotopic (exact) mass is 242 g/mol. The van der Waals surface area contributed by atoms with Crippen LogP contribution in [0.5, 0.6) is 0 Å². The number of carbonyl (C=O) groups excluding carboxylic acids is 1. The van der Waals surface area contributed by atoms with E-state index in [4.69, 9.17) is 4.74 Å². The topological polar surface area (TPSA) is 67.4 Å². The van der Waals surface area contributed by atoms with Gasteiger partial charge in [-0.15, -0.1) is 0 Å². The summed E-state index contributed by atoms with van der Waals surface area (Å²) < 4.78 is 9.07. The number of hydrogen-bond acceptors (Lipinski definition) is 6. The molecule has 1 aliphatic rings. The second kappa shape index (κ2) is 5.22. The van der Waals surface area contributed by atoms with Crippen molar-refractivity contribution in [3.8, 4) is 0 Å². The number of rotatable bonds is 3. The standard InChI is InChI=1S/C9H14N4O2S/c1-7(12-9-10-6-11-16-9)8(14)13-2-4-15-5-3-13/h6-7H,2-5H2,1H3,(H,10,11,12). The smallest absolute Gasteiger partial charge is 0.244 e. The second-order valence-corrected chi connectivity index (χ2v) is 4.33. The minimum atomic E-state index is -0.272. The van der Waals surface area contributed by atoms with Crippen molar-refractivity contribution in [3.05, 3.63) is 6.33 Å². The fraction of sp³-hybridized carbons (Fsp3) is 0.667. The predicted octanol–water partition coefficient (Wildman–Crippen LogP) is 0.197. The van der Waals surface area contributed by atoms with Gasteiger partial charge in [0.1, 0.15) is 12.4 Å². The van der Waals surface area contributed by atoms with Gasteiger partial charge in [-0.2, -0.15) is 4.37 Å². The molecule has 1 atom stereocenters. The highest BCUT2D eigenvalue weighted by Crippen LogP contribution is 2.10. The molecule has 1 aliphatic heterocycles. The number of nitrogens with zero attached hydrogens (tertiary/aromatic N) is 3. The number of carbonyl (C=O) groups is 1. The SMILES string of the molecule is CC(Nc1ncns1)C(=O)N1CCOCC1. The van der Waals surface area contributed by atoms with Gasteiger partial charge in [-0.05, 0) is 6.92 Å². The first-order chi connectivity index (χ1) is 7.77. The molecule has 1 aromatic heterocycles. The molecule has 1 aromatic rings. The Morgan fingerprint density at radius 1 is 1.62 bits per heavy atom. The van der Waals surface area contributed by atoms with Gasteiger partial charge < -0.3 is 15.0 Å². The molecule has 1 N–H and O–H groups in total. The molecular weight excluding hydrogens is 228 g/mol. The molecule has 0 aromatic carbocycles. The Hall–Kier alpha value is -1.21. The van der Waals surface area contributed by atoms with Crippen LogP contribution in [0.1, 0.15) is 6.92 Å². The van der Waals surface area contributed by atoms with Crippen LogP contribution in [0.25, 0.3) is 0 Å². The molecule has 16 heavy (non-hydrogen) atoms. The molecule has 7 heteroatoms. The molecule has 88 valence electrons. The van der Waals surface area contributed by atoms with Crippen LogP contribution in [-0.2, 0) is 9.53 Å². The van der Waals surface area contributed by atoms with Gasteiger partial charge in [0.05, 0.1) is 13.2 Å². The van der Waals surface area contributed by atoms with Crippen LogP contribution in [0.15, 0.2) is 6.33 Å². The van der Waals surface area contributed by atoms with Crippen molar-refractivity contribution >= 4 is 22.6 Å². The quantitative estimate of drug-likeness (QED) is 0.820. The fourth-order valence-corrected chi connectivity index (χ4v) is 2.06. The summed E-state index contributed by atoms with van der Waals surface area (Å²) >= 11 is 1.25. The maximum Gasteiger partial charge on any atom is 0.244 e. The summed E-state index contributed by atoms with van der Waals surface area (Å²) in [5.74, 6) is 0.0819. The fourth-order valence-electron chi connectivity index (χ4n) is 1.54. The maximum atomic E-state index is 12.0. The Morgan fingerprint density at radius 2 is 2.38 bits per heavy atom. The molecule has 0 saturated carbocycles. The zero-order valence-electron chi connectivity index (χ0n) is 9.05. The van der Waals surface area contributed by atoms with Gasteiger partial charge in [0, 0.05) is 24.6 Å². The van der Waals surface area contributed by atoms with Gasteiger partial charge >= 0.3 is 0 Å². The predicted molar refractivity (Wildman–Crippen MR) is 60.4 cm³/mol. The van der Waals surface area contributed by atoms with E-state index in [2.05, 4.69) is 14.7 Å². The summed E-state index contributed by atoms with van der Waals surface area (Å²) in [6, 6.07) is -0.272. The van der Waals surface area contributed by atoms with E-state index < -0.39 is 0 Å². The van der Waals surface area contributed by atoms with E-state index in [0.717, 1.165) is 0 Å². The summed E-state index contributed by atoms with van der Waals surface area (Å²) in [6.45, 7) is 4.41. The molecule has 2 rings (SSSR count). The number of nitrogens with one attached hydrogen (secondary N) is 1. The van der Waals surface area contributed by atoms with Crippen molar-refractivity contribution < 1.29 is 9.53 Å².